The molecule has 0 heterocycles. The zero-order valence-corrected chi connectivity index (χ0v) is 6.48. The van der Waals surface area contributed by atoms with Crippen LogP contribution in [0.2, 0.25) is 6.82 Å². The van der Waals surface area contributed by atoms with Crippen molar-refractivity contribution in [2.75, 3.05) is 0 Å². The molecule has 6 heavy (non-hydrogen) atoms. The van der Waals surface area contributed by atoms with Crippen molar-refractivity contribution in [1.29, 1.82) is 0 Å². The summed E-state index contributed by atoms with van der Waals surface area (Å²) in [7, 11) is 1.20. The fraction of sp³-hybridized carbons (Fsp3) is 1.00. The molecule has 0 spiro atoms. The molecule has 0 aliphatic heterocycles. The predicted octanol–water partition coefficient (Wildman–Crippen LogP) is 0.193. The number of hydrogen-bond acceptors (Lipinski definition) is 2. The van der Waals surface area contributed by atoms with Crippen LogP contribution >= 0.6 is 0 Å². The van der Waals surface area contributed by atoms with E-state index in [9.17, 15) is 0 Å². The van der Waals surface area contributed by atoms with Gasteiger partial charge in [-0.2, -0.15) is 0 Å². The average Bonchev–Trinajstić information content (AvgIpc) is 1.65. The van der Waals surface area contributed by atoms with Gasteiger partial charge in [0.15, 0.2) is 0 Å². The molecule has 0 amide bonds. The van der Waals surface area contributed by atoms with Gasteiger partial charge in [0.1, 0.15) is 0 Å². The Hall–Kier alpha value is 0.945. The van der Waals surface area contributed by atoms with E-state index in [0.29, 0.717) is 0 Å². The molecule has 0 aromatic heterocycles. The quantitative estimate of drug-likeness (QED) is 0.457. The summed E-state index contributed by atoms with van der Waals surface area (Å²) in [4.78, 5) is 0. The van der Waals surface area contributed by atoms with Gasteiger partial charge in [0.2, 0.25) is 0 Å². The molecular formula is CH3BS4. The van der Waals surface area contributed by atoms with Gasteiger partial charge in [0.05, 0.1) is 0 Å². The molecule has 0 unspecified atom stereocenters. The van der Waals surface area contributed by atoms with Gasteiger partial charge in [-0.05, 0) is 0 Å². The van der Waals surface area contributed by atoms with Crippen LogP contribution < -0.4 is 0 Å². The van der Waals surface area contributed by atoms with Crippen molar-refractivity contribution < 1.29 is 0 Å². The molecule has 0 N–H and O–H groups in total. The Morgan fingerprint density at radius 2 is 2.33 bits per heavy atom. The normalized spacial score (nSPS) is 6.17. The van der Waals surface area contributed by atoms with Crippen LogP contribution in [0.4, 0.5) is 0 Å². The second kappa shape index (κ2) is 4.11. The molecule has 0 aromatic rings. The third-order valence-corrected chi connectivity index (χ3v) is 5.04. The standard InChI is InChI=1S/CH3BS4/c1-2-6(4)5-3/h1H3. The van der Waals surface area contributed by atoms with E-state index in [1.807, 2.05) is 13.0 Å². The molecule has 0 fully saturated rings. The van der Waals surface area contributed by atoms with Gasteiger partial charge in [0.25, 0.3) is 0 Å². The summed E-state index contributed by atoms with van der Waals surface area (Å²) in [6.07, 6.45) is 1.92. The monoisotopic (exact) mass is 154 g/mol. The summed E-state index contributed by atoms with van der Waals surface area (Å²) in [5, 5.41) is 0. The van der Waals surface area contributed by atoms with Crippen LogP contribution in [0.1, 0.15) is 0 Å². The molecule has 0 aromatic carbocycles. The summed E-state index contributed by atoms with van der Waals surface area (Å²) in [5.41, 5.74) is 0. The summed E-state index contributed by atoms with van der Waals surface area (Å²) >= 11 is 9.34. The van der Waals surface area contributed by atoms with Crippen LogP contribution in [-0.4, -0.2) is 6.15 Å². The summed E-state index contributed by atoms with van der Waals surface area (Å²) < 4.78 is 0. The van der Waals surface area contributed by atoms with E-state index in [1.165, 1.54) is 8.88 Å². The molecule has 0 atom stereocenters. The van der Waals surface area contributed by atoms with E-state index in [2.05, 4.69) is 11.2 Å². The first-order valence-corrected chi connectivity index (χ1v) is 5.78. The minimum absolute atomic E-state index is 0.0941. The number of hydrogen-bond donors (Lipinski definition) is 0. The van der Waals surface area contributed by atoms with Crippen molar-refractivity contribution in [2.24, 2.45) is 0 Å². The van der Waals surface area contributed by atoms with E-state index < -0.39 is 0 Å². The van der Waals surface area contributed by atoms with Gasteiger partial charge in [-0.25, -0.2) is 0 Å². The van der Waals surface area contributed by atoms with Crippen LogP contribution in [0.15, 0.2) is 0 Å². The third kappa shape index (κ3) is 3.15. The SMILES string of the molecule is CB=S(=S)=S=S. The maximum atomic E-state index is 4.77. The molecule has 0 saturated heterocycles. The van der Waals surface area contributed by atoms with Crippen molar-refractivity contribution in [2.45, 2.75) is 6.82 Å². The summed E-state index contributed by atoms with van der Waals surface area (Å²) in [6.45, 7) is 1.93. The molecule has 0 nitrogen and oxygen atoms in total. The van der Waals surface area contributed by atoms with Crippen LogP contribution in [0.25, 0.3) is 0 Å². The molecule has 0 rings (SSSR count). The van der Waals surface area contributed by atoms with E-state index in [0.717, 1.165) is 0 Å². The van der Waals surface area contributed by atoms with Gasteiger partial charge in [-0.15, -0.1) is 0 Å². The topological polar surface area (TPSA) is 0 Å². The second-order valence-electron chi connectivity index (χ2n) is 0.564. The van der Waals surface area contributed by atoms with Crippen LogP contribution in [0.3, 0.4) is 0 Å². The van der Waals surface area contributed by atoms with Crippen molar-refractivity contribution >= 4 is 44.9 Å². The van der Waals surface area contributed by atoms with E-state index in [-0.39, 0.29) is 7.44 Å². The van der Waals surface area contributed by atoms with Crippen molar-refractivity contribution in [3.05, 3.63) is 0 Å². The fourth-order valence-electron chi connectivity index (χ4n) is 0.0393. The molecular weight excluding hydrogens is 151 g/mol. The Kier molecular flexibility index (Phi) is 4.76. The van der Waals surface area contributed by atoms with Gasteiger partial charge >= 0.3 is 51.7 Å². The Bertz CT molecular complexity index is 170. The second-order valence-corrected chi connectivity index (χ2v) is 6.11. The molecule has 0 radical (unpaired) electrons. The Labute approximate surface area is 51.7 Å². The zero-order chi connectivity index (χ0) is 4.99. The van der Waals surface area contributed by atoms with E-state index >= 15 is 0 Å². The van der Waals surface area contributed by atoms with Gasteiger partial charge < -0.3 is 0 Å². The van der Waals surface area contributed by atoms with Gasteiger partial charge in [-0.3, -0.25) is 0 Å². The molecule has 34 valence electrons. The van der Waals surface area contributed by atoms with Gasteiger partial charge in [0, 0.05) is 0 Å². The number of rotatable bonds is 0. The van der Waals surface area contributed by atoms with Gasteiger partial charge in [-0.1, -0.05) is 0 Å². The van der Waals surface area contributed by atoms with Crippen molar-refractivity contribution in [3.63, 3.8) is 0 Å². The zero-order valence-electron chi connectivity index (χ0n) is 3.21. The minimum atomic E-state index is -0.0941. The summed E-state index contributed by atoms with van der Waals surface area (Å²) in [5.74, 6) is 0. The first-order valence-electron chi connectivity index (χ1n) is 1.31. The van der Waals surface area contributed by atoms with Crippen LogP contribution in [0, 0.1) is 0 Å². The molecule has 0 aliphatic carbocycles. The van der Waals surface area contributed by atoms with Crippen LogP contribution in [0.5, 0.6) is 0 Å². The molecule has 0 bridgehead atoms. The van der Waals surface area contributed by atoms with Crippen molar-refractivity contribution in [3.8, 4) is 0 Å². The van der Waals surface area contributed by atoms with E-state index in [4.69, 9.17) is 11.2 Å². The maximum absolute atomic E-state index is 4.77. The van der Waals surface area contributed by atoms with Crippen molar-refractivity contribution in [1.82, 2.24) is 0 Å². The first-order chi connectivity index (χ1) is 2.81. The molecule has 0 saturated carbocycles. The molecule has 5 heteroatoms. The van der Waals surface area contributed by atoms with Crippen LogP contribution in [-0.2, 0) is 38.7 Å². The first kappa shape index (κ1) is 6.94. The Morgan fingerprint density at radius 3 is 2.33 bits per heavy atom. The van der Waals surface area contributed by atoms with E-state index in [1.54, 1.807) is 0 Å². The average molecular weight is 154 g/mol. The Balaban J connectivity index is 4.85. The fourth-order valence-corrected chi connectivity index (χ4v) is 1.06. The predicted molar refractivity (Wildman–Crippen MR) is 41.1 cm³/mol. The molecule has 0 aliphatic rings. The Morgan fingerprint density at radius 1 is 1.83 bits per heavy atom. The third-order valence-electron chi connectivity index (χ3n) is 0.260. The summed E-state index contributed by atoms with van der Waals surface area (Å²) in [6, 6.07) is 0.